The van der Waals surface area contributed by atoms with Crippen LogP contribution in [0.2, 0.25) is 0 Å². The summed E-state index contributed by atoms with van der Waals surface area (Å²) in [6, 6.07) is 3.79. The van der Waals surface area contributed by atoms with Crippen LogP contribution in [-0.4, -0.2) is 17.7 Å². The van der Waals surface area contributed by atoms with Crippen LogP contribution in [0.25, 0.3) is 0 Å². The average Bonchev–Trinajstić information content (AvgIpc) is 2.01. The van der Waals surface area contributed by atoms with Gasteiger partial charge in [0.05, 0.1) is 0 Å². The van der Waals surface area contributed by atoms with Crippen LogP contribution in [0.15, 0.2) is 16.6 Å². The molecule has 1 N–H and O–H groups in total. The number of carboxylic acids is 1. The zero-order valence-corrected chi connectivity index (χ0v) is 9.59. The Morgan fingerprint density at radius 1 is 1.43 bits per heavy atom. The first-order chi connectivity index (χ1) is 6.50. The Kier molecular flexibility index (Phi) is 3.52. The largest absolute Gasteiger partial charge is 0.481 e. The van der Waals surface area contributed by atoms with E-state index in [1.54, 1.807) is 0 Å². The van der Waals surface area contributed by atoms with Crippen molar-refractivity contribution < 1.29 is 14.6 Å². The molecule has 76 valence electrons. The quantitative estimate of drug-likeness (QED) is 0.907. The van der Waals surface area contributed by atoms with E-state index in [1.165, 1.54) is 0 Å². The summed E-state index contributed by atoms with van der Waals surface area (Å²) in [5.74, 6) is -0.317. The summed E-state index contributed by atoms with van der Waals surface area (Å²) in [4.78, 5) is 10.3. The van der Waals surface area contributed by atoms with Crippen LogP contribution in [0.1, 0.15) is 11.1 Å². The summed E-state index contributed by atoms with van der Waals surface area (Å²) in [5.41, 5.74) is 1.86. The minimum atomic E-state index is -0.966. The molecular weight excluding hydrogens is 248 g/mol. The predicted octanol–water partition coefficient (Wildman–Crippen LogP) is 2.53. The Morgan fingerprint density at radius 3 is 2.36 bits per heavy atom. The lowest BCUT2D eigenvalue weighted by Gasteiger charge is -2.10. The van der Waals surface area contributed by atoms with Crippen molar-refractivity contribution in [3.05, 3.63) is 27.7 Å². The number of carboxylic acid groups (broad SMARTS) is 1. The summed E-state index contributed by atoms with van der Waals surface area (Å²) >= 11 is 3.36. The maximum absolute atomic E-state index is 10.3. The van der Waals surface area contributed by atoms with E-state index in [0.717, 1.165) is 15.6 Å². The fourth-order valence-electron chi connectivity index (χ4n) is 1.26. The molecule has 0 saturated heterocycles. The third kappa shape index (κ3) is 2.73. The van der Waals surface area contributed by atoms with Gasteiger partial charge < -0.3 is 9.84 Å². The first kappa shape index (κ1) is 11.0. The van der Waals surface area contributed by atoms with E-state index < -0.39 is 5.97 Å². The molecule has 0 amide bonds. The van der Waals surface area contributed by atoms with Crippen molar-refractivity contribution in [3.8, 4) is 5.75 Å². The Hall–Kier alpha value is -1.03. The molecule has 0 fully saturated rings. The monoisotopic (exact) mass is 258 g/mol. The molecule has 0 spiro atoms. The zero-order valence-electron chi connectivity index (χ0n) is 8.00. The molecule has 0 aliphatic rings. The van der Waals surface area contributed by atoms with Gasteiger partial charge in [-0.05, 0) is 37.1 Å². The van der Waals surface area contributed by atoms with E-state index in [2.05, 4.69) is 15.9 Å². The second kappa shape index (κ2) is 4.46. The van der Waals surface area contributed by atoms with E-state index in [4.69, 9.17) is 9.84 Å². The molecule has 0 unspecified atom stereocenters. The number of carbonyl (C=O) groups is 1. The molecule has 0 aliphatic carbocycles. The zero-order chi connectivity index (χ0) is 10.7. The van der Waals surface area contributed by atoms with Gasteiger partial charge >= 0.3 is 5.97 Å². The maximum atomic E-state index is 10.3. The summed E-state index contributed by atoms with van der Waals surface area (Å²) in [6.07, 6.45) is 0. The SMILES string of the molecule is Cc1cc(Br)cc(C)c1OCC(=O)O. The van der Waals surface area contributed by atoms with Gasteiger partial charge in [-0.15, -0.1) is 0 Å². The van der Waals surface area contributed by atoms with Gasteiger partial charge in [-0.25, -0.2) is 4.79 Å². The third-order valence-corrected chi connectivity index (χ3v) is 2.22. The van der Waals surface area contributed by atoms with Crippen molar-refractivity contribution in [2.24, 2.45) is 0 Å². The topological polar surface area (TPSA) is 46.5 Å². The number of halogens is 1. The molecule has 0 aromatic heterocycles. The van der Waals surface area contributed by atoms with Gasteiger partial charge in [-0.3, -0.25) is 0 Å². The maximum Gasteiger partial charge on any atom is 0.341 e. The molecule has 4 heteroatoms. The van der Waals surface area contributed by atoms with E-state index in [-0.39, 0.29) is 6.61 Å². The second-order valence-electron chi connectivity index (χ2n) is 3.05. The number of benzene rings is 1. The van der Waals surface area contributed by atoms with Crippen LogP contribution in [0, 0.1) is 13.8 Å². The number of hydrogen-bond acceptors (Lipinski definition) is 2. The van der Waals surface area contributed by atoms with Gasteiger partial charge in [0.25, 0.3) is 0 Å². The highest BCUT2D eigenvalue weighted by molar-refractivity contribution is 9.10. The second-order valence-corrected chi connectivity index (χ2v) is 3.97. The lowest BCUT2D eigenvalue weighted by molar-refractivity contribution is -0.139. The molecule has 1 rings (SSSR count). The van der Waals surface area contributed by atoms with E-state index in [0.29, 0.717) is 5.75 Å². The molecule has 1 aromatic carbocycles. The molecule has 0 radical (unpaired) electrons. The van der Waals surface area contributed by atoms with E-state index in [1.807, 2.05) is 26.0 Å². The van der Waals surface area contributed by atoms with Crippen molar-refractivity contribution >= 4 is 21.9 Å². The molecule has 0 atom stereocenters. The highest BCUT2D eigenvalue weighted by Gasteiger charge is 2.07. The first-order valence-electron chi connectivity index (χ1n) is 4.12. The van der Waals surface area contributed by atoms with Gasteiger partial charge in [0.15, 0.2) is 6.61 Å². The van der Waals surface area contributed by atoms with Crippen molar-refractivity contribution in [2.75, 3.05) is 6.61 Å². The van der Waals surface area contributed by atoms with Crippen LogP contribution in [0.4, 0.5) is 0 Å². The highest BCUT2D eigenvalue weighted by atomic mass is 79.9. The average molecular weight is 259 g/mol. The van der Waals surface area contributed by atoms with Crippen LogP contribution in [0.3, 0.4) is 0 Å². The van der Waals surface area contributed by atoms with Gasteiger partial charge in [-0.2, -0.15) is 0 Å². The van der Waals surface area contributed by atoms with Crippen LogP contribution < -0.4 is 4.74 Å². The summed E-state index contributed by atoms with van der Waals surface area (Å²) in [5, 5.41) is 8.48. The van der Waals surface area contributed by atoms with Crippen LogP contribution >= 0.6 is 15.9 Å². The third-order valence-electron chi connectivity index (χ3n) is 1.77. The number of ether oxygens (including phenoxy) is 1. The lowest BCUT2D eigenvalue weighted by Crippen LogP contribution is -2.10. The smallest absolute Gasteiger partial charge is 0.341 e. The number of aryl methyl sites for hydroxylation is 2. The fraction of sp³-hybridized carbons (Fsp3) is 0.300. The fourth-order valence-corrected chi connectivity index (χ4v) is 1.95. The number of aliphatic carboxylic acids is 1. The summed E-state index contributed by atoms with van der Waals surface area (Å²) in [6.45, 7) is 3.47. The minimum Gasteiger partial charge on any atom is -0.481 e. The standard InChI is InChI=1S/C10H11BrO3/c1-6-3-8(11)4-7(2)10(6)14-5-9(12)13/h3-4H,5H2,1-2H3,(H,12,13). The lowest BCUT2D eigenvalue weighted by atomic mass is 10.1. The Labute approximate surface area is 90.8 Å². The molecule has 0 bridgehead atoms. The predicted molar refractivity (Wildman–Crippen MR) is 56.7 cm³/mol. The van der Waals surface area contributed by atoms with Crippen LogP contribution in [-0.2, 0) is 4.79 Å². The van der Waals surface area contributed by atoms with Gasteiger partial charge in [0, 0.05) is 4.47 Å². The van der Waals surface area contributed by atoms with Crippen molar-refractivity contribution in [1.82, 2.24) is 0 Å². The van der Waals surface area contributed by atoms with Crippen LogP contribution in [0.5, 0.6) is 5.75 Å². The Bertz CT molecular complexity index is 337. The molecule has 0 heterocycles. The number of hydrogen-bond donors (Lipinski definition) is 1. The van der Waals surface area contributed by atoms with Crippen molar-refractivity contribution in [3.63, 3.8) is 0 Å². The number of rotatable bonds is 3. The first-order valence-corrected chi connectivity index (χ1v) is 4.91. The molecule has 14 heavy (non-hydrogen) atoms. The normalized spacial score (nSPS) is 9.93. The molecule has 1 aromatic rings. The van der Waals surface area contributed by atoms with E-state index in [9.17, 15) is 4.79 Å². The van der Waals surface area contributed by atoms with Gasteiger partial charge in [-0.1, -0.05) is 15.9 Å². The molecule has 0 saturated carbocycles. The summed E-state index contributed by atoms with van der Waals surface area (Å²) in [7, 11) is 0. The van der Waals surface area contributed by atoms with Crippen molar-refractivity contribution in [2.45, 2.75) is 13.8 Å². The van der Waals surface area contributed by atoms with Gasteiger partial charge in [0.1, 0.15) is 5.75 Å². The Balaban J connectivity index is 2.91. The molecule has 3 nitrogen and oxygen atoms in total. The molecular formula is C10H11BrO3. The van der Waals surface area contributed by atoms with Crippen molar-refractivity contribution in [1.29, 1.82) is 0 Å². The Morgan fingerprint density at radius 2 is 1.93 bits per heavy atom. The highest BCUT2D eigenvalue weighted by Crippen LogP contribution is 2.27. The van der Waals surface area contributed by atoms with Gasteiger partial charge in [0.2, 0.25) is 0 Å². The minimum absolute atomic E-state index is 0.302. The summed E-state index contributed by atoms with van der Waals surface area (Å²) < 4.78 is 6.13. The molecule has 0 aliphatic heterocycles. The van der Waals surface area contributed by atoms with E-state index >= 15 is 0 Å².